The van der Waals surface area contributed by atoms with Gasteiger partial charge in [-0.3, -0.25) is 0 Å². The summed E-state index contributed by atoms with van der Waals surface area (Å²) in [6.07, 6.45) is 3.28. The lowest BCUT2D eigenvalue weighted by Gasteiger charge is -2.00. The van der Waals surface area contributed by atoms with Crippen LogP contribution in [0.3, 0.4) is 0 Å². The smallest absolute Gasteiger partial charge is 0.351 e. The molecule has 0 bridgehead atoms. The minimum atomic E-state index is -0.406. The van der Waals surface area contributed by atoms with Gasteiger partial charge >= 0.3 is 5.82 Å². The molecule has 0 saturated carbocycles. The van der Waals surface area contributed by atoms with Crippen molar-refractivity contribution in [3.63, 3.8) is 0 Å². The fourth-order valence-electron chi connectivity index (χ4n) is 1.95. The molecule has 2 N–H and O–H groups in total. The van der Waals surface area contributed by atoms with E-state index in [0.717, 1.165) is 4.90 Å². The number of thioether (sulfide) groups is 1. The minimum absolute atomic E-state index is 0.00139. The first-order chi connectivity index (χ1) is 10.1. The van der Waals surface area contributed by atoms with Gasteiger partial charge < -0.3 is 15.8 Å². The van der Waals surface area contributed by atoms with E-state index >= 15 is 0 Å². The van der Waals surface area contributed by atoms with Crippen molar-refractivity contribution >= 4 is 29.0 Å². The molecule has 0 radical (unpaired) electrons. The molecule has 3 aromatic rings. The Morgan fingerprint density at radius 1 is 1.33 bits per heavy atom. The van der Waals surface area contributed by atoms with Crippen molar-refractivity contribution in [3.8, 4) is 0 Å². The molecule has 0 saturated heterocycles. The maximum atomic E-state index is 11.3. The molecule has 0 atom stereocenters. The summed E-state index contributed by atoms with van der Waals surface area (Å²) in [5.41, 5.74) is 6.53. The molecule has 0 unspecified atom stereocenters. The third-order valence-electron chi connectivity index (χ3n) is 2.88. The van der Waals surface area contributed by atoms with Crippen LogP contribution in [0.25, 0.3) is 5.65 Å². The van der Waals surface area contributed by atoms with E-state index in [1.807, 2.05) is 6.07 Å². The number of fused-ring (bicyclic) bond motifs is 1. The summed E-state index contributed by atoms with van der Waals surface area (Å²) in [7, 11) is 0. The normalized spacial score (nSPS) is 10.9. The molecule has 3 rings (SSSR count). The molecule has 0 aliphatic rings. The highest BCUT2D eigenvalue weighted by atomic mass is 32.2. The number of nitrogen functional groups attached to an aromatic ring is 1. The number of hydrogen-bond acceptors (Lipinski definition) is 6. The van der Waals surface area contributed by atoms with E-state index in [-0.39, 0.29) is 5.82 Å². The van der Waals surface area contributed by atoms with Gasteiger partial charge in [-0.15, -0.1) is 11.8 Å². The number of aromatic nitrogens is 3. The molecule has 106 valence electrons. The second-order valence-corrected chi connectivity index (χ2v) is 5.32. The third-order valence-corrected chi connectivity index (χ3v) is 3.87. The average molecular weight is 301 g/mol. The number of pyridine rings is 2. The summed E-state index contributed by atoms with van der Waals surface area (Å²) >= 11 is 1.43. The molecule has 0 aromatic carbocycles. The summed E-state index contributed by atoms with van der Waals surface area (Å²) in [5.74, 6) is 0.836. The molecule has 0 amide bonds. The predicted molar refractivity (Wildman–Crippen MR) is 80.1 cm³/mol. The molecule has 21 heavy (non-hydrogen) atoms. The first-order valence-electron chi connectivity index (χ1n) is 6.10. The number of nitrogens with zero attached hydrogens (tertiary/aromatic N) is 4. The van der Waals surface area contributed by atoms with Crippen LogP contribution in [0.15, 0.2) is 47.6 Å². The highest BCUT2D eigenvalue weighted by molar-refractivity contribution is 7.98. The topological polar surface area (TPSA) is 99.3 Å². The lowest BCUT2D eigenvalue weighted by molar-refractivity contribution is -0.391. The summed E-state index contributed by atoms with van der Waals surface area (Å²) in [4.78, 5) is 20.0. The minimum Gasteiger partial charge on any atom is -0.384 e. The average Bonchev–Trinajstić information content (AvgIpc) is 2.85. The quantitative estimate of drug-likeness (QED) is 0.451. The standard InChI is InChI=1S/C13H11N5O2S/c14-11-5-4-9(7-15-11)21-8-10-13(18(19)20)17-6-2-1-3-12(17)16-10/h1-7H,8H2,(H2,14,15). The molecule has 7 nitrogen and oxygen atoms in total. The van der Waals surface area contributed by atoms with Crippen molar-refractivity contribution in [2.45, 2.75) is 10.6 Å². The van der Waals surface area contributed by atoms with Gasteiger partial charge in [-0.2, -0.15) is 4.40 Å². The first-order valence-corrected chi connectivity index (χ1v) is 7.08. The molecular weight excluding hydrogens is 290 g/mol. The first kappa shape index (κ1) is 13.4. The van der Waals surface area contributed by atoms with Gasteiger partial charge in [-0.1, -0.05) is 6.07 Å². The van der Waals surface area contributed by atoms with Crippen LogP contribution in [0.2, 0.25) is 0 Å². The zero-order valence-electron chi connectivity index (χ0n) is 10.8. The highest BCUT2D eigenvalue weighted by Crippen LogP contribution is 2.28. The van der Waals surface area contributed by atoms with Crippen molar-refractivity contribution in [2.75, 3.05) is 5.73 Å². The van der Waals surface area contributed by atoms with Crippen LogP contribution in [0, 0.1) is 10.1 Å². The summed E-state index contributed by atoms with van der Waals surface area (Å²) < 4.78 is 1.48. The largest absolute Gasteiger partial charge is 0.384 e. The van der Waals surface area contributed by atoms with E-state index in [0.29, 0.717) is 22.9 Å². The summed E-state index contributed by atoms with van der Waals surface area (Å²) in [6.45, 7) is 0. The number of hydrogen-bond donors (Lipinski definition) is 1. The van der Waals surface area contributed by atoms with Gasteiger partial charge in [0.25, 0.3) is 0 Å². The molecule has 0 aliphatic carbocycles. The monoisotopic (exact) mass is 301 g/mol. The Morgan fingerprint density at radius 2 is 2.19 bits per heavy atom. The number of nitrogens with two attached hydrogens (primary N) is 1. The Bertz CT molecular complexity index is 800. The SMILES string of the molecule is Nc1ccc(SCc2nc3ccccn3c2[N+](=O)[O-])cn1. The van der Waals surface area contributed by atoms with Gasteiger partial charge in [0.15, 0.2) is 0 Å². The van der Waals surface area contributed by atoms with Gasteiger partial charge in [0.2, 0.25) is 5.65 Å². The maximum Gasteiger partial charge on any atom is 0.351 e. The van der Waals surface area contributed by atoms with E-state index in [4.69, 9.17) is 5.73 Å². The van der Waals surface area contributed by atoms with Crippen molar-refractivity contribution < 1.29 is 4.92 Å². The van der Waals surface area contributed by atoms with Crippen LogP contribution in [0.4, 0.5) is 11.6 Å². The van der Waals surface area contributed by atoms with Crippen molar-refractivity contribution in [1.29, 1.82) is 0 Å². The molecule has 8 heteroatoms. The molecule has 0 spiro atoms. The zero-order chi connectivity index (χ0) is 14.8. The Hall–Kier alpha value is -2.61. The fourth-order valence-corrected chi connectivity index (χ4v) is 2.74. The van der Waals surface area contributed by atoms with Crippen LogP contribution in [0.1, 0.15) is 5.69 Å². The van der Waals surface area contributed by atoms with E-state index in [1.54, 1.807) is 36.7 Å². The van der Waals surface area contributed by atoms with Gasteiger partial charge in [0, 0.05) is 22.9 Å². The lowest BCUT2D eigenvalue weighted by atomic mass is 10.5. The third kappa shape index (κ3) is 2.65. The van der Waals surface area contributed by atoms with Crippen LogP contribution in [-0.4, -0.2) is 19.3 Å². The summed E-state index contributed by atoms with van der Waals surface area (Å²) in [5, 5.41) is 11.3. The Labute approximate surface area is 124 Å². The number of imidazole rings is 1. The number of nitro groups is 1. The van der Waals surface area contributed by atoms with E-state index in [2.05, 4.69) is 9.97 Å². The van der Waals surface area contributed by atoms with Gasteiger partial charge in [0.05, 0.1) is 6.20 Å². The lowest BCUT2D eigenvalue weighted by Crippen LogP contribution is -1.96. The molecule has 0 aliphatic heterocycles. The molecule has 3 aromatic heterocycles. The molecule has 3 heterocycles. The van der Waals surface area contributed by atoms with Crippen molar-refractivity contribution in [1.82, 2.24) is 14.4 Å². The Morgan fingerprint density at radius 3 is 2.90 bits per heavy atom. The van der Waals surface area contributed by atoms with Crippen LogP contribution >= 0.6 is 11.8 Å². The van der Waals surface area contributed by atoms with Crippen molar-refractivity contribution in [3.05, 3.63) is 58.5 Å². The molecular formula is C13H11N5O2S. The second-order valence-electron chi connectivity index (χ2n) is 4.28. The van der Waals surface area contributed by atoms with Gasteiger partial charge in [0.1, 0.15) is 11.5 Å². The zero-order valence-corrected chi connectivity index (χ0v) is 11.7. The van der Waals surface area contributed by atoms with E-state index < -0.39 is 4.92 Å². The number of anilines is 1. The Kier molecular flexibility index (Phi) is 3.44. The van der Waals surface area contributed by atoms with Crippen molar-refractivity contribution in [2.24, 2.45) is 0 Å². The predicted octanol–water partition coefficient (Wildman–Crippen LogP) is 2.51. The highest BCUT2D eigenvalue weighted by Gasteiger charge is 2.21. The van der Waals surface area contributed by atoms with E-state index in [1.165, 1.54) is 16.2 Å². The van der Waals surface area contributed by atoms with Crippen LogP contribution < -0.4 is 5.73 Å². The van der Waals surface area contributed by atoms with Crippen LogP contribution in [-0.2, 0) is 5.75 Å². The fraction of sp³-hybridized carbons (Fsp3) is 0.0769. The van der Waals surface area contributed by atoms with E-state index in [9.17, 15) is 10.1 Å². The number of rotatable bonds is 4. The maximum absolute atomic E-state index is 11.3. The van der Waals surface area contributed by atoms with Gasteiger partial charge in [-0.25, -0.2) is 9.97 Å². The van der Waals surface area contributed by atoms with Gasteiger partial charge in [-0.05, 0) is 23.1 Å². The van der Waals surface area contributed by atoms with Crippen LogP contribution in [0.5, 0.6) is 0 Å². The molecule has 0 fully saturated rings. The Balaban J connectivity index is 1.91. The second kappa shape index (κ2) is 5.41. The summed E-state index contributed by atoms with van der Waals surface area (Å²) in [6, 6.07) is 8.80.